The van der Waals surface area contributed by atoms with E-state index in [2.05, 4.69) is 13.8 Å². The summed E-state index contributed by atoms with van der Waals surface area (Å²) >= 11 is 0. The molecule has 1 aliphatic rings. The van der Waals surface area contributed by atoms with Crippen molar-refractivity contribution >= 4 is 9.84 Å². The second kappa shape index (κ2) is 6.20. The summed E-state index contributed by atoms with van der Waals surface area (Å²) in [7, 11) is -1.86. The molecule has 22 heavy (non-hydrogen) atoms. The van der Waals surface area contributed by atoms with E-state index in [1.54, 1.807) is 31.4 Å². The zero-order chi connectivity index (χ0) is 16.5. The Bertz CT molecular complexity index is 607. The quantitative estimate of drug-likeness (QED) is 0.924. The second-order valence-corrected chi connectivity index (χ2v) is 9.40. The van der Waals surface area contributed by atoms with E-state index in [0.717, 1.165) is 6.42 Å². The van der Waals surface area contributed by atoms with Crippen LogP contribution in [0.3, 0.4) is 0 Å². The Morgan fingerprint density at radius 2 is 2.00 bits per heavy atom. The molecule has 1 fully saturated rings. The van der Waals surface area contributed by atoms with Crippen molar-refractivity contribution in [3.8, 4) is 5.75 Å². The number of sulfone groups is 1. The van der Waals surface area contributed by atoms with Crippen LogP contribution in [-0.4, -0.2) is 32.0 Å². The average molecular weight is 326 g/mol. The van der Waals surface area contributed by atoms with Gasteiger partial charge in [0.15, 0.2) is 9.84 Å². The molecule has 5 heteroatoms. The lowest BCUT2D eigenvalue weighted by atomic mass is 9.71. The maximum Gasteiger partial charge on any atom is 0.160 e. The fourth-order valence-electron chi connectivity index (χ4n) is 3.82. The Morgan fingerprint density at radius 1 is 1.32 bits per heavy atom. The molecule has 1 aromatic carbocycles. The molecule has 1 aromatic rings. The van der Waals surface area contributed by atoms with Crippen LogP contribution < -0.4 is 4.74 Å². The first kappa shape index (κ1) is 17.3. The highest BCUT2D eigenvalue weighted by Crippen LogP contribution is 2.42. The number of rotatable bonds is 4. The molecule has 1 saturated carbocycles. The highest BCUT2D eigenvalue weighted by atomic mass is 32.2. The molecular weight excluding hydrogens is 300 g/mol. The molecular formula is C17H26O4S. The summed E-state index contributed by atoms with van der Waals surface area (Å²) in [6.45, 7) is 6.09. The van der Waals surface area contributed by atoms with Gasteiger partial charge in [-0.15, -0.1) is 0 Å². The molecule has 0 radical (unpaired) electrons. The van der Waals surface area contributed by atoms with Crippen molar-refractivity contribution in [1.82, 2.24) is 0 Å². The van der Waals surface area contributed by atoms with Gasteiger partial charge >= 0.3 is 0 Å². The van der Waals surface area contributed by atoms with Gasteiger partial charge in [0.25, 0.3) is 0 Å². The third kappa shape index (κ3) is 3.82. The molecule has 124 valence electrons. The third-order valence-electron chi connectivity index (χ3n) is 4.49. The van der Waals surface area contributed by atoms with Gasteiger partial charge in [-0.05, 0) is 41.9 Å². The fraction of sp³-hybridized carbons (Fsp3) is 0.647. The number of hydrogen-bond donors (Lipinski definition) is 1. The maximum absolute atomic E-state index is 12.8. The Balaban J connectivity index is 2.22. The third-order valence-corrected chi connectivity index (χ3v) is 6.84. The molecule has 2 rings (SSSR count). The molecule has 0 aliphatic heterocycles. The summed E-state index contributed by atoms with van der Waals surface area (Å²) < 4.78 is 30.7. The lowest BCUT2D eigenvalue weighted by molar-refractivity contribution is 0.0432. The van der Waals surface area contributed by atoms with E-state index < -0.39 is 21.2 Å². The van der Waals surface area contributed by atoms with Crippen LogP contribution in [0.4, 0.5) is 0 Å². The van der Waals surface area contributed by atoms with Crippen molar-refractivity contribution in [2.24, 2.45) is 11.3 Å². The molecule has 4 nitrogen and oxygen atoms in total. The Kier molecular flexibility index (Phi) is 4.87. The van der Waals surface area contributed by atoms with Gasteiger partial charge in [-0.25, -0.2) is 8.42 Å². The first-order valence-electron chi connectivity index (χ1n) is 7.67. The number of aliphatic hydroxyl groups excluding tert-OH is 1. The van der Waals surface area contributed by atoms with Crippen molar-refractivity contribution in [1.29, 1.82) is 0 Å². The summed E-state index contributed by atoms with van der Waals surface area (Å²) in [5.74, 6) is 0.539. The van der Waals surface area contributed by atoms with E-state index in [0.29, 0.717) is 17.7 Å². The van der Waals surface area contributed by atoms with Gasteiger partial charge in [-0.1, -0.05) is 32.9 Å². The van der Waals surface area contributed by atoms with Crippen molar-refractivity contribution < 1.29 is 18.3 Å². The minimum atomic E-state index is -3.42. The Morgan fingerprint density at radius 3 is 2.59 bits per heavy atom. The summed E-state index contributed by atoms with van der Waals surface area (Å²) in [6, 6.07) is 7.09. The van der Waals surface area contributed by atoms with Crippen molar-refractivity contribution in [3.63, 3.8) is 0 Å². The molecule has 0 bridgehead atoms. The summed E-state index contributed by atoms with van der Waals surface area (Å²) in [6.07, 6.45) is 0.542. The van der Waals surface area contributed by atoms with Crippen molar-refractivity contribution in [2.75, 3.05) is 7.11 Å². The molecule has 0 saturated heterocycles. The van der Waals surface area contributed by atoms with E-state index in [4.69, 9.17) is 4.74 Å². The van der Waals surface area contributed by atoms with Gasteiger partial charge in [0, 0.05) is 0 Å². The minimum absolute atomic E-state index is 0.0131. The normalized spacial score (nSPS) is 28.3. The molecule has 3 atom stereocenters. The van der Waals surface area contributed by atoms with Gasteiger partial charge in [0.2, 0.25) is 0 Å². The molecule has 1 aliphatic carbocycles. The highest BCUT2D eigenvalue weighted by molar-refractivity contribution is 7.91. The topological polar surface area (TPSA) is 63.6 Å². The van der Waals surface area contributed by atoms with Crippen molar-refractivity contribution in [2.45, 2.75) is 50.7 Å². The molecule has 0 heterocycles. The number of benzene rings is 1. The SMILES string of the molecule is COc1cccc(CS(=O)(=O)[C@@H]2[C@H](C)CC(C)(C)C[C@H]2O)c1. The predicted octanol–water partition coefficient (Wildman–Crippen LogP) is 2.80. The van der Waals surface area contributed by atoms with Crippen LogP contribution >= 0.6 is 0 Å². The molecule has 0 unspecified atom stereocenters. The zero-order valence-corrected chi connectivity index (χ0v) is 14.6. The first-order valence-corrected chi connectivity index (χ1v) is 9.39. The predicted molar refractivity (Wildman–Crippen MR) is 87.6 cm³/mol. The van der Waals surface area contributed by atoms with Crippen LogP contribution in [0.25, 0.3) is 0 Å². The fourth-order valence-corrected chi connectivity index (χ4v) is 6.03. The van der Waals surface area contributed by atoms with Crippen LogP contribution in [0.5, 0.6) is 5.75 Å². The van der Waals surface area contributed by atoms with Crippen LogP contribution in [0.1, 0.15) is 39.2 Å². The minimum Gasteiger partial charge on any atom is -0.497 e. The molecule has 0 aromatic heterocycles. The van der Waals surface area contributed by atoms with Gasteiger partial charge < -0.3 is 9.84 Å². The monoisotopic (exact) mass is 326 g/mol. The van der Waals surface area contributed by atoms with Crippen LogP contribution in [0.2, 0.25) is 0 Å². The van der Waals surface area contributed by atoms with E-state index in [1.807, 2.05) is 6.92 Å². The van der Waals surface area contributed by atoms with E-state index in [1.165, 1.54) is 0 Å². The van der Waals surface area contributed by atoms with Crippen molar-refractivity contribution in [3.05, 3.63) is 29.8 Å². The Hall–Kier alpha value is -1.07. The lowest BCUT2D eigenvalue weighted by Crippen LogP contribution is -2.47. The second-order valence-electron chi connectivity index (χ2n) is 7.24. The molecule has 0 spiro atoms. The van der Waals surface area contributed by atoms with E-state index in [-0.39, 0.29) is 17.1 Å². The Labute approximate surface area is 133 Å². The van der Waals surface area contributed by atoms with Crippen LogP contribution in [0.15, 0.2) is 24.3 Å². The number of hydrogen-bond acceptors (Lipinski definition) is 4. The number of aliphatic hydroxyl groups is 1. The first-order chi connectivity index (χ1) is 10.1. The highest BCUT2D eigenvalue weighted by Gasteiger charge is 2.45. The average Bonchev–Trinajstić information content (AvgIpc) is 2.35. The smallest absolute Gasteiger partial charge is 0.160 e. The molecule has 0 amide bonds. The van der Waals surface area contributed by atoms with E-state index in [9.17, 15) is 13.5 Å². The largest absolute Gasteiger partial charge is 0.497 e. The van der Waals surface area contributed by atoms with Gasteiger partial charge in [-0.2, -0.15) is 0 Å². The van der Waals surface area contributed by atoms with Gasteiger partial charge in [-0.3, -0.25) is 0 Å². The summed E-state index contributed by atoms with van der Waals surface area (Å²) in [5.41, 5.74) is 0.685. The summed E-state index contributed by atoms with van der Waals surface area (Å²) in [5, 5.41) is 9.70. The van der Waals surface area contributed by atoms with Crippen LogP contribution in [0, 0.1) is 11.3 Å². The molecule has 1 N–H and O–H groups in total. The van der Waals surface area contributed by atoms with Gasteiger partial charge in [0.1, 0.15) is 5.75 Å². The number of ether oxygens (including phenoxy) is 1. The van der Waals surface area contributed by atoms with Crippen LogP contribution in [-0.2, 0) is 15.6 Å². The maximum atomic E-state index is 12.8. The zero-order valence-electron chi connectivity index (χ0n) is 13.7. The lowest BCUT2D eigenvalue weighted by Gasteiger charge is -2.42. The standard InChI is InChI=1S/C17H26O4S/c1-12-9-17(2,3)10-15(18)16(12)22(19,20)11-13-6-5-7-14(8-13)21-4/h5-8,12,15-16,18H,9-11H2,1-4H3/t12-,15-,16-/m1/s1. The van der Waals surface area contributed by atoms with E-state index >= 15 is 0 Å². The summed E-state index contributed by atoms with van der Waals surface area (Å²) in [4.78, 5) is 0. The van der Waals surface area contributed by atoms with Gasteiger partial charge in [0.05, 0.1) is 24.2 Å². The number of methoxy groups -OCH3 is 1.